The standard InChI is InChI=1S/C15H14N2O3/c1-10-5-4-8-14(16-10)17-15(18)13-9-19-11-6-2-3-7-12(11)20-13/h2-8,13H,9H2,1H3,(H,16,17,18)/t13-/m1/s1. The lowest BCUT2D eigenvalue weighted by molar-refractivity contribution is -0.125. The molecule has 102 valence electrons. The number of nitrogens with one attached hydrogen (secondary N) is 1. The molecule has 0 spiro atoms. The number of benzene rings is 1. The Kier molecular flexibility index (Phi) is 3.25. The summed E-state index contributed by atoms with van der Waals surface area (Å²) in [6, 6.07) is 12.7. The molecule has 2 heterocycles. The third-order valence-electron chi connectivity index (χ3n) is 2.94. The van der Waals surface area contributed by atoms with Crippen LogP contribution in [0.3, 0.4) is 0 Å². The Morgan fingerprint density at radius 2 is 2.00 bits per heavy atom. The fourth-order valence-electron chi connectivity index (χ4n) is 1.97. The van der Waals surface area contributed by atoms with Crippen molar-refractivity contribution in [2.45, 2.75) is 13.0 Å². The molecule has 2 aromatic rings. The highest BCUT2D eigenvalue weighted by Gasteiger charge is 2.27. The van der Waals surface area contributed by atoms with Crippen LogP contribution in [-0.4, -0.2) is 23.6 Å². The zero-order valence-electron chi connectivity index (χ0n) is 11.0. The number of para-hydroxylation sites is 2. The normalized spacial score (nSPS) is 16.6. The first kappa shape index (κ1) is 12.5. The van der Waals surface area contributed by atoms with Crippen LogP contribution in [0.25, 0.3) is 0 Å². The zero-order chi connectivity index (χ0) is 13.9. The summed E-state index contributed by atoms with van der Waals surface area (Å²) < 4.78 is 11.1. The number of carbonyl (C=O) groups excluding carboxylic acids is 1. The third-order valence-corrected chi connectivity index (χ3v) is 2.94. The van der Waals surface area contributed by atoms with Gasteiger partial charge in [-0.1, -0.05) is 18.2 Å². The first-order valence-electron chi connectivity index (χ1n) is 6.35. The van der Waals surface area contributed by atoms with Crippen LogP contribution < -0.4 is 14.8 Å². The molecule has 3 rings (SSSR count). The van der Waals surface area contributed by atoms with Crippen LogP contribution in [0.2, 0.25) is 0 Å². The van der Waals surface area contributed by atoms with E-state index in [1.165, 1.54) is 0 Å². The van der Waals surface area contributed by atoms with Crippen molar-refractivity contribution in [2.75, 3.05) is 11.9 Å². The minimum atomic E-state index is -0.674. The smallest absolute Gasteiger partial charge is 0.270 e. The molecule has 0 radical (unpaired) electrons. The highest BCUT2D eigenvalue weighted by atomic mass is 16.6. The van der Waals surface area contributed by atoms with Gasteiger partial charge in [0.25, 0.3) is 5.91 Å². The second kappa shape index (κ2) is 5.21. The first-order valence-corrected chi connectivity index (χ1v) is 6.35. The number of carbonyl (C=O) groups is 1. The molecule has 0 aliphatic carbocycles. The van der Waals surface area contributed by atoms with Crippen LogP contribution in [0.15, 0.2) is 42.5 Å². The quantitative estimate of drug-likeness (QED) is 0.908. The molecule has 1 aliphatic rings. The number of amides is 1. The van der Waals surface area contributed by atoms with E-state index < -0.39 is 6.10 Å². The molecule has 1 atom stereocenters. The number of aromatic nitrogens is 1. The van der Waals surface area contributed by atoms with E-state index in [1.807, 2.05) is 37.3 Å². The molecule has 0 saturated carbocycles. The topological polar surface area (TPSA) is 60.5 Å². The number of rotatable bonds is 2. The van der Waals surface area contributed by atoms with E-state index in [2.05, 4.69) is 10.3 Å². The van der Waals surface area contributed by atoms with Crippen LogP contribution in [-0.2, 0) is 4.79 Å². The van der Waals surface area contributed by atoms with Crippen LogP contribution in [0.1, 0.15) is 5.69 Å². The van der Waals surface area contributed by atoms with Gasteiger partial charge in [0.05, 0.1) is 0 Å². The van der Waals surface area contributed by atoms with Gasteiger partial charge in [-0.2, -0.15) is 0 Å². The summed E-state index contributed by atoms with van der Waals surface area (Å²) in [6.45, 7) is 2.06. The largest absolute Gasteiger partial charge is 0.485 e. The van der Waals surface area contributed by atoms with Crippen molar-refractivity contribution in [3.05, 3.63) is 48.2 Å². The number of nitrogens with zero attached hydrogens (tertiary/aromatic N) is 1. The Bertz CT molecular complexity index is 643. The maximum atomic E-state index is 12.1. The fourth-order valence-corrected chi connectivity index (χ4v) is 1.97. The number of aryl methyl sites for hydroxylation is 1. The Balaban J connectivity index is 1.70. The molecule has 1 aliphatic heterocycles. The van der Waals surface area contributed by atoms with Crippen molar-refractivity contribution < 1.29 is 14.3 Å². The number of hydrogen-bond donors (Lipinski definition) is 1. The van der Waals surface area contributed by atoms with Gasteiger partial charge in [-0.25, -0.2) is 4.98 Å². The van der Waals surface area contributed by atoms with Gasteiger partial charge in [-0.15, -0.1) is 0 Å². The van der Waals surface area contributed by atoms with E-state index in [-0.39, 0.29) is 12.5 Å². The Morgan fingerprint density at radius 1 is 1.20 bits per heavy atom. The van der Waals surface area contributed by atoms with Crippen LogP contribution >= 0.6 is 0 Å². The average molecular weight is 270 g/mol. The molecule has 5 nitrogen and oxygen atoms in total. The van der Waals surface area contributed by atoms with Gasteiger partial charge >= 0.3 is 0 Å². The molecular weight excluding hydrogens is 256 g/mol. The summed E-state index contributed by atoms with van der Waals surface area (Å²) >= 11 is 0. The molecule has 20 heavy (non-hydrogen) atoms. The third kappa shape index (κ3) is 2.56. The lowest BCUT2D eigenvalue weighted by atomic mass is 10.2. The number of anilines is 1. The van der Waals surface area contributed by atoms with Crippen molar-refractivity contribution in [3.8, 4) is 11.5 Å². The number of hydrogen-bond acceptors (Lipinski definition) is 4. The summed E-state index contributed by atoms with van der Waals surface area (Å²) in [6.07, 6.45) is -0.674. The molecule has 0 saturated heterocycles. The van der Waals surface area contributed by atoms with Gasteiger partial charge in [0.2, 0.25) is 6.10 Å². The Labute approximate surface area is 116 Å². The lowest BCUT2D eigenvalue weighted by Crippen LogP contribution is -2.40. The fraction of sp³-hybridized carbons (Fsp3) is 0.200. The molecule has 1 aromatic heterocycles. The predicted molar refractivity (Wildman–Crippen MR) is 74.0 cm³/mol. The van der Waals surface area contributed by atoms with E-state index >= 15 is 0 Å². The molecule has 0 fully saturated rings. The van der Waals surface area contributed by atoms with Gasteiger partial charge < -0.3 is 14.8 Å². The second-order valence-electron chi connectivity index (χ2n) is 4.52. The highest BCUT2D eigenvalue weighted by molar-refractivity contribution is 5.93. The summed E-state index contributed by atoms with van der Waals surface area (Å²) in [5.74, 6) is 1.48. The predicted octanol–water partition coefficient (Wildman–Crippen LogP) is 2.17. The maximum absolute atomic E-state index is 12.1. The molecular formula is C15H14N2O3. The van der Waals surface area contributed by atoms with Crippen LogP contribution in [0.4, 0.5) is 5.82 Å². The van der Waals surface area contributed by atoms with E-state index in [9.17, 15) is 4.79 Å². The summed E-state index contributed by atoms with van der Waals surface area (Å²) in [7, 11) is 0. The number of pyridine rings is 1. The van der Waals surface area contributed by atoms with Crippen molar-refractivity contribution in [1.82, 2.24) is 4.98 Å². The molecule has 1 amide bonds. The van der Waals surface area contributed by atoms with Crippen molar-refractivity contribution in [2.24, 2.45) is 0 Å². The molecule has 0 unspecified atom stereocenters. The van der Waals surface area contributed by atoms with Crippen molar-refractivity contribution in [1.29, 1.82) is 0 Å². The zero-order valence-corrected chi connectivity index (χ0v) is 11.0. The van der Waals surface area contributed by atoms with Gasteiger partial charge in [0, 0.05) is 5.69 Å². The SMILES string of the molecule is Cc1cccc(NC(=O)[C@H]2COc3ccccc3O2)n1. The van der Waals surface area contributed by atoms with E-state index in [0.29, 0.717) is 17.3 Å². The maximum Gasteiger partial charge on any atom is 0.270 e. The summed E-state index contributed by atoms with van der Waals surface area (Å²) in [5.41, 5.74) is 0.842. The van der Waals surface area contributed by atoms with Crippen LogP contribution in [0, 0.1) is 6.92 Å². The highest BCUT2D eigenvalue weighted by Crippen LogP contribution is 2.31. The molecule has 1 N–H and O–H groups in total. The van der Waals surface area contributed by atoms with Crippen LogP contribution in [0.5, 0.6) is 11.5 Å². The summed E-state index contributed by atoms with van der Waals surface area (Å²) in [4.78, 5) is 16.4. The number of fused-ring (bicyclic) bond motifs is 1. The first-order chi connectivity index (χ1) is 9.72. The molecule has 5 heteroatoms. The monoisotopic (exact) mass is 270 g/mol. The lowest BCUT2D eigenvalue weighted by Gasteiger charge is -2.25. The number of ether oxygens (including phenoxy) is 2. The van der Waals surface area contributed by atoms with E-state index in [1.54, 1.807) is 12.1 Å². The van der Waals surface area contributed by atoms with Gasteiger partial charge in [0.1, 0.15) is 12.4 Å². The molecule has 0 bridgehead atoms. The van der Waals surface area contributed by atoms with Crippen molar-refractivity contribution >= 4 is 11.7 Å². The van der Waals surface area contributed by atoms with E-state index in [4.69, 9.17) is 9.47 Å². The van der Waals surface area contributed by atoms with Gasteiger partial charge in [0.15, 0.2) is 11.5 Å². The Hall–Kier alpha value is -2.56. The second-order valence-corrected chi connectivity index (χ2v) is 4.52. The minimum Gasteiger partial charge on any atom is -0.485 e. The average Bonchev–Trinajstić information content (AvgIpc) is 2.47. The minimum absolute atomic E-state index is 0.189. The molecule has 1 aromatic carbocycles. The van der Waals surface area contributed by atoms with Gasteiger partial charge in [-0.3, -0.25) is 4.79 Å². The summed E-state index contributed by atoms with van der Waals surface area (Å²) in [5, 5.41) is 2.73. The van der Waals surface area contributed by atoms with Crippen molar-refractivity contribution in [3.63, 3.8) is 0 Å². The van der Waals surface area contributed by atoms with E-state index in [0.717, 1.165) is 5.69 Å². The van der Waals surface area contributed by atoms with Gasteiger partial charge in [-0.05, 0) is 31.2 Å². The Morgan fingerprint density at radius 3 is 2.80 bits per heavy atom.